The molecular formula is C11H13F3N4. The highest BCUT2D eigenvalue weighted by molar-refractivity contribution is 5.77. The van der Waals surface area contributed by atoms with Gasteiger partial charge in [-0.2, -0.15) is 13.2 Å². The number of rotatable bonds is 2. The highest BCUT2D eigenvalue weighted by Gasteiger charge is 2.32. The van der Waals surface area contributed by atoms with Crippen LogP contribution in [0.25, 0.3) is 11.2 Å². The summed E-state index contributed by atoms with van der Waals surface area (Å²) in [5.74, 6) is 0.0588. The smallest absolute Gasteiger partial charge is 0.369 e. The van der Waals surface area contributed by atoms with Gasteiger partial charge in [0.1, 0.15) is 5.52 Å². The van der Waals surface area contributed by atoms with Gasteiger partial charge in [-0.3, -0.25) is 4.57 Å². The number of pyridine rings is 1. The zero-order valence-corrected chi connectivity index (χ0v) is 9.99. The van der Waals surface area contributed by atoms with E-state index in [2.05, 4.69) is 9.97 Å². The Kier molecular flexibility index (Phi) is 2.92. The standard InChI is InChI=1S/C11H13F3N4/c1-6-3-4-16-9-8(6)17-10(15)18(9)7(2)5-11(12,13)14/h3-4,7H,5H2,1-2H3,(H2,15,17). The van der Waals surface area contributed by atoms with E-state index in [4.69, 9.17) is 5.73 Å². The fourth-order valence-electron chi connectivity index (χ4n) is 1.99. The van der Waals surface area contributed by atoms with Gasteiger partial charge in [-0.25, -0.2) is 9.97 Å². The number of alkyl halides is 3. The number of nitrogens with zero attached hydrogens (tertiary/aromatic N) is 3. The maximum Gasteiger partial charge on any atom is 0.391 e. The Hall–Kier alpha value is -1.79. The summed E-state index contributed by atoms with van der Waals surface area (Å²) in [6, 6.07) is 0.914. The van der Waals surface area contributed by atoms with Crippen molar-refractivity contribution < 1.29 is 13.2 Å². The molecule has 2 heterocycles. The van der Waals surface area contributed by atoms with Crippen molar-refractivity contribution in [2.75, 3.05) is 5.73 Å². The molecule has 0 aromatic carbocycles. The second-order valence-electron chi connectivity index (χ2n) is 4.31. The molecule has 2 rings (SSSR count). The first-order chi connectivity index (χ1) is 8.29. The van der Waals surface area contributed by atoms with Gasteiger partial charge in [0.2, 0.25) is 5.95 Å². The first-order valence-electron chi connectivity index (χ1n) is 5.45. The molecule has 0 aliphatic carbocycles. The Balaban J connectivity index is 2.51. The van der Waals surface area contributed by atoms with Crippen LogP contribution in [0.3, 0.4) is 0 Å². The Bertz CT molecular complexity index is 573. The topological polar surface area (TPSA) is 56.7 Å². The fourth-order valence-corrected chi connectivity index (χ4v) is 1.99. The Morgan fingerprint density at radius 2 is 2.11 bits per heavy atom. The van der Waals surface area contributed by atoms with E-state index in [-0.39, 0.29) is 5.95 Å². The van der Waals surface area contributed by atoms with Crippen molar-refractivity contribution in [3.63, 3.8) is 0 Å². The molecule has 2 aromatic rings. The number of halogens is 3. The zero-order chi connectivity index (χ0) is 13.5. The quantitative estimate of drug-likeness (QED) is 0.901. The van der Waals surface area contributed by atoms with Crippen molar-refractivity contribution in [1.82, 2.24) is 14.5 Å². The number of hydrogen-bond donors (Lipinski definition) is 1. The molecule has 1 atom stereocenters. The lowest BCUT2D eigenvalue weighted by Gasteiger charge is -2.17. The van der Waals surface area contributed by atoms with Crippen molar-refractivity contribution in [1.29, 1.82) is 0 Å². The summed E-state index contributed by atoms with van der Waals surface area (Å²) in [6.07, 6.45) is -3.67. The number of nitrogens with two attached hydrogens (primary N) is 1. The summed E-state index contributed by atoms with van der Waals surface area (Å²) in [4.78, 5) is 8.14. The molecule has 0 bridgehead atoms. The summed E-state index contributed by atoms with van der Waals surface area (Å²) in [7, 11) is 0. The summed E-state index contributed by atoms with van der Waals surface area (Å²) in [6.45, 7) is 3.27. The molecule has 0 aliphatic heterocycles. The minimum Gasteiger partial charge on any atom is -0.369 e. The molecule has 2 aromatic heterocycles. The molecule has 0 radical (unpaired) electrons. The fraction of sp³-hybridized carbons (Fsp3) is 0.455. The van der Waals surface area contributed by atoms with Crippen LogP contribution in [0.4, 0.5) is 19.1 Å². The van der Waals surface area contributed by atoms with Crippen LogP contribution in [0.2, 0.25) is 0 Å². The van der Waals surface area contributed by atoms with Crippen LogP contribution < -0.4 is 5.73 Å². The van der Waals surface area contributed by atoms with Gasteiger partial charge in [0, 0.05) is 12.2 Å². The first-order valence-corrected chi connectivity index (χ1v) is 5.45. The summed E-state index contributed by atoms with van der Waals surface area (Å²) < 4.78 is 38.6. The molecule has 0 fully saturated rings. The summed E-state index contributed by atoms with van der Waals surface area (Å²) in [5, 5.41) is 0. The highest BCUT2D eigenvalue weighted by Crippen LogP contribution is 2.31. The van der Waals surface area contributed by atoms with Gasteiger partial charge in [0.05, 0.1) is 6.42 Å². The number of imidazole rings is 1. The lowest BCUT2D eigenvalue weighted by Crippen LogP contribution is -2.18. The van der Waals surface area contributed by atoms with Crippen LogP contribution >= 0.6 is 0 Å². The second-order valence-corrected chi connectivity index (χ2v) is 4.31. The molecule has 7 heteroatoms. The lowest BCUT2D eigenvalue weighted by atomic mass is 10.2. The van der Waals surface area contributed by atoms with Crippen LogP contribution in [-0.2, 0) is 0 Å². The average Bonchev–Trinajstić information content (AvgIpc) is 2.53. The van der Waals surface area contributed by atoms with E-state index < -0.39 is 18.6 Å². The molecule has 0 saturated heterocycles. The van der Waals surface area contributed by atoms with Gasteiger partial charge in [0.25, 0.3) is 0 Å². The molecule has 1 unspecified atom stereocenters. The predicted molar refractivity (Wildman–Crippen MR) is 62.1 cm³/mol. The van der Waals surface area contributed by atoms with Gasteiger partial charge in [-0.15, -0.1) is 0 Å². The zero-order valence-electron chi connectivity index (χ0n) is 9.99. The van der Waals surface area contributed by atoms with Crippen LogP contribution in [-0.4, -0.2) is 20.7 Å². The number of aryl methyl sites for hydroxylation is 1. The van der Waals surface area contributed by atoms with Gasteiger partial charge in [0.15, 0.2) is 5.65 Å². The van der Waals surface area contributed by atoms with Crippen molar-refractivity contribution in [3.8, 4) is 0 Å². The third-order valence-electron chi connectivity index (χ3n) is 2.78. The Morgan fingerprint density at radius 3 is 2.72 bits per heavy atom. The number of fused-ring (bicyclic) bond motifs is 1. The Labute approximate surface area is 102 Å². The third-order valence-corrected chi connectivity index (χ3v) is 2.78. The Morgan fingerprint density at radius 1 is 1.44 bits per heavy atom. The van der Waals surface area contributed by atoms with Gasteiger partial charge < -0.3 is 5.73 Å². The van der Waals surface area contributed by atoms with E-state index >= 15 is 0 Å². The van der Waals surface area contributed by atoms with E-state index in [9.17, 15) is 13.2 Å². The largest absolute Gasteiger partial charge is 0.391 e. The third kappa shape index (κ3) is 2.25. The van der Waals surface area contributed by atoms with Crippen molar-refractivity contribution in [2.45, 2.75) is 32.5 Å². The van der Waals surface area contributed by atoms with E-state index in [0.717, 1.165) is 5.56 Å². The molecule has 0 spiro atoms. The van der Waals surface area contributed by atoms with Crippen molar-refractivity contribution >= 4 is 17.1 Å². The first kappa shape index (κ1) is 12.7. The predicted octanol–water partition coefficient (Wildman–Crippen LogP) is 2.84. The number of aromatic nitrogens is 3. The molecule has 0 aliphatic rings. The normalized spacial score (nSPS) is 14.1. The maximum absolute atomic E-state index is 12.4. The second kappa shape index (κ2) is 4.15. The summed E-state index contributed by atoms with van der Waals surface area (Å²) >= 11 is 0. The minimum atomic E-state index is -4.24. The molecule has 0 saturated carbocycles. The number of hydrogen-bond acceptors (Lipinski definition) is 3. The molecule has 98 valence electrons. The monoisotopic (exact) mass is 258 g/mol. The van der Waals surface area contributed by atoms with Crippen LogP contribution in [0.15, 0.2) is 12.3 Å². The summed E-state index contributed by atoms with van der Waals surface area (Å²) in [5.41, 5.74) is 7.46. The molecule has 4 nitrogen and oxygen atoms in total. The molecule has 2 N–H and O–H groups in total. The van der Waals surface area contributed by atoms with Gasteiger partial charge in [-0.1, -0.05) is 0 Å². The minimum absolute atomic E-state index is 0.0588. The van der Waals surface area contributed by atoms with Gasteiger partial charge in [-0.05, 0) is 25.5 Å². The van der Waals surface area contributed by atoms with Crippen LogP contribution in [0, 0.1) is 6.92 Å². The van der Waals surface area contributed by atoms with Crippen LogP contribution in [0.1, 0.15) is 24.9 Å². The molecular weight excluding hydrogens is 245 g/mol. The maximum atomic E-state index is 12.4. The average molecular weight is 258 g/mol. The van der Waals surface area contributed by atoms with Crippen LogP contribution in [0.5, 0.6) is 0 Å². The van der Waals surface area contributed by atoms with Crippen molar-refractivity contribution in [2.24, 2.45) is 0 Å². The molecule has 0 amide bonds. The van der Waals surface area contributed by atoms with Crippen molar-refractivity contribution in [3.05, 3.63) is 17.8 Å². The molecule has 18 heavy (non-hydrogen) atoms. The highest BCUT2D eigenvalue weighted by atomic mass is 19.4. The number of anilines is 1. The number of nitrogen functional groups attached to an aromatic ring is 1. The SMILES string of the molecule is Cc1ccnc2c1nc(N)n2C(C)CC(F)(F)F. The van der Waals surface area contributed by atoms with E-state index in [1.165, 1.54) is 17.7 Å². The van der Waals surface area contributed by atoms with E-state index in [1.54, 1.807) is 6.07 Å². The lowest BCUT2D eigenvalue weighted by molar-refractivity contribution is -0.141. The van der Waals surface area contributed by atoms with Gasteiger partial charge >= 0.3 is 6.18 Å². The van der Waals surface area contributed by atoms with E-state index in [0.29, 0.717) is 11.2 Å². The van der Waals surface area contributed by atoms with E-state index in [1.807, 2.05) is 6.92 Å².